The summed E-state index contributed by atoms with van der Waals surface area (Å²) in [6.07, 6.45) is 2.06. The van der Waals surface area contributed by atoms with Crippen LogP contribution in [0.2, 0.25) is 0 Å². The molecule has 8 N–H and O–H groups in total. The fraction of sp³-hybridized carbons (Fsp3) is 0.225. The topological polar surface area (TPSA) is 275 Å². The SMILES string of the molecule is CN1C(=O)CN=C1N.COc1ccc(C2(c3cc(C)c(F)cc3F)N=C(N)N(C)C2=O)cc1C.COc1ccc(C2(c3cc(F)cc(F)c3)N=C(N)N(C)C2=O)cc1C.COc1ccc(Cc2cc(F)cc(F)c2)cn1.Cc1cc(C2(c3cc(F)cc(F)c3)N=C(N)N(C)C2=O)ccc1F. The van der Waals surface area contributed by atoms with Gasteiger partial charge in [-0.15, -0.1) is 0 Å². The highest BCUT2D eigenvalue weighted by atomic mass is 19.2. The maximum absolute atomic E-state index is 14.7. The van der Waals surface area contributed by atoms with Crippen LogP contribution in [0.1, 0.15) is 66.8 Å². The van der Waals surface area contributed by atoms with Crippen LogP contribution in [0, 0.1) is 80.0 Å². The van der Waals surface area contributed by atoms with E-state index in [9.17, 15) is 58.7 Å². The Kier molecular flexibility index (Phi) is 22.1. The van der Waals surface area contributed by atoms with Crippen LogP contribution >= 0.6 is 0 Å². The van der Waals surface area contributed by atoms with Gasteiger partial charge in [0, 0.05) is 70.3 Å². The molecule has 8 aromatic rings. The first-order chi connectivity index (χ1) is 47.1. The standard InChI is InChI=1S/C19H19F2N3O2.C18H17F2N3O2.C17H14F3N3O.C13H11F2NO.C4H7N3O/c1-10-8-13(15(21)9-14(10)20)19(17(25)24(3)18(22)23-19)12-5-6-16(26-4)11(2)7-12;1-10-6-11(4-5-15(10)25-3)18(16(24)23(2)17(21)22-18)12-7-13(19)9-14(20)8-12;1-9-5-10(3-4-14(9)20)17(15(24)23(2)16(21)22-17)11-6-12(18)8-13(19)7-11;1-17-13-3-2-9(8-16-13)4-10-5-11(14)7-12(15)6-10;1-7-3(8)2-6-4(7)5/h5-9H,1-4H3,(H2,22,23);4-9H,1-3H3,(H2,21,22);3-8H,1-2H3,(H2,21,22);2-3,5-8H,4H2,1H3;2H2,1H3,(H2,5,6). The molecular formula is C71H68F9N13O7. The number of nitrogens with zero attached hydrogens (tertiary/aromatic N) is 9. The minimum Gasteiger partial charge on any atom is -0.496 e. The van der Waals surface area contributed by atoms with Crippen LogP contribution in [0.5, 0.6) is 17.4 Å². The van der Waals surface area contributed by atoms with Gasteiger partial charge in [0.1, 0.15) is 70.4 Å². The first-order valence-corrected chi connectivity index (χ1v) is 30.0. The lowest BCUT2D eigenvalue weighted by Gasteiger charge is -2.27. The Morgan fingerprint density at radius 2 is 0.800 bits per heavy atom. The van der Waals surface area contributed by atoms with Crippen LogP contribution < -0.4 is 37.1 Å². The molecule has 0 radical (unpaired) electrons. The van der Waals surface area contributed by atoms with E-state index in [-0.39, 0.29) is 63.7 Å². The van der Waals surface area contributed by atoms with Gasteiger partial charge in [0.05, 0.1) is 21.3 Å². The quantitative estimate of drug-likeness (QED) is 0.0883. The molecule has 7 aromatic carbocycles. The van der Waals surface area contributed by atoms with E-state index in [4.69, 9.17) is 37.1 Å². The fourth-order valence-corrected chi connectivity index (χ4v) is 11.1. The van der Waals surface area contributed by atoms with Gasteiger partial charge in [-0.1, -0.05) is 24.3 Å². The molecule has 0 saturated heterocycles. The smallest absolute Gasteiger partial charge is 0.266 e. The summed E-state index contributed by atoms with van der Waals surface area (Å²) in [7, 11) is 10.5. The van der Waals surface area contributed by atoms with Crippen LogP contribution in [0.15, 0.2) is 160 Å². The number of guanidine groups is 4. The number of benzene rings is 7. The molecule has 100 heavy (non-hydrogen) atoms. The number of likely N-dealkylation sites (N-methyl/N-ethyl adjacent to an activating group) is 4. The van der Waals surface area contributed by atoms with Crippen molar-refractivity contribution >= 4 is 47.5 Å². The molecule has 0 aliphatic carbocycles. The number of hydrogen-bond donors (Lipinski definition) is 4. The van der Waals surface area contributed by atoms with Crippen molar-refractivity contribution in [2.75, 3.05) is 56.1 Å². The third-order valence-corrected chi connectivity index (χ3v) is 16.6. The molecule has 4 aliphatic rings. The van der Waals surface area contributed by atoms with E-state index in [2.05, 4.69) is 25.0 Å². The Hall–Kier alpha value is -11.8. The van der Waals surface area contributed by atoms with E-state index < -0.39 is 86.7 Å². The number of aromatic nitrogens is 1. The molecule has 0 spiro atoms. The number of carbonyl (C=O) groups is 4. The van der Waals surface area contributed by atoms with Gasteiger partial charge in [0.25, 0.3) is 23.6 Å². The number of rotatable bonds is 11. The second kappa shape index (κ2) is 29.9. The minimum atomic E-state index is -1.75. The highest BCUT2D eigenvalue weighted by molar-refractivity contribution is 6.11. The predicted molar refractivity (Wildman–Crippen MR) is 355 cm³/mol. The first-order valence-electron chi connectivity index (χ1n) is 30.0. The summed E-state index contributed by atoms with van der Waals surface area (Å²) < 4.78 is 139. The second-order valence-corrected chi connectivity index (χ2v) is 23.2. The van der Waals surface area contributed by atoms with Crippen molar-refractivity contribution < 1.29 is 72.9 Å². The van der Waals surface area contributed by atoms with Crippen molar-refractivity contribution in [1.29, 1.82) is 0 Å². The summed E-state index contributed by atoms with van der Waals surface area (Å²) >= 11 is 0. The van der Waals surface area contributed by atoms with Gasteiger partial charge >= 0.3 is 0 Å². The Balaban J connectivity index is 0.000000165. The molecule has 0 saturated carbocycles. The van der Waals surface area contributed by atoms with Crippen molar-refractivity contribution in [3.8, 4) is 17.4 Å². The maximum atomic E-state index is 14.7. The molecule has 29 heteroatoms. The molecule has 3 unspecified atom stereocenters. The van der Waals surface area contributed by atoms with Crippen molar-refractivity contribution in [3.05, 3.63) is 259 Å². The molecule has 12 rings (SSSR count). The fourth-order valence-electron chi connectivity index (χ4n) is 11.1. The van der Waals surface area contributed by atoms with E-state index in [1.807, 2.05) is 6.07 Å². The molecule has 4 amide bonds. The lowest BCUT2D eigenvalue weighted by Crippen LogP contribution is -2.41. The number of amides is 4. The molecule has 0 fully saturated rings. The minimum absolute atomic E-state index is 0.0108. The van der Waals surface area contributed by atoms with Crippen molar-refractivity contribution in [2.45, 2.75) is 50.7 Å². The van der Waals surface area contributed by atoms with Crippen LogP contribution in [0.3, 0.4) is 0 Å². The monoisotopic (exact) mass is 1390 g/mol. The number of pyridine rings is 1. The van der Waals surface area contributed by atoms with Gasteiger partial charge in [-0.2, -0.15) is 0 Å². The third-order valence-electron chi connectivity index (χ3n) is 16.6. The van der Waals surface area contributed by atoms with Gasteiger partial charge in [-0.3, -0.25) is 38.8 Å². The highest BCUT2D eigenvalue weighted by Gasteiger charge is 2.53. The number of nitrogens with two attached hydrogens (primary N) is 4. The van der Waals surface area contributed by atoms with Crippen molar-refractivity contribution in [1.82, 2.24) is 24.6 Å². The summed E-state index contributed by atoms with van der Waals surface area (Å²) in [4.78, 5) is 74.7. The zero-order valence-electron chi connectivity index (χ0n) is 55.8. The summed E-state index contributed by atoms with van der Waals surface area (Å²) in [5, 5.41) is 0. The maximum Gasteiger partial charge on any atom is 0.266 e. The van der Waals surface area contributed by atoms with E-state index in [1.165, 1.54) is 103 Å². The highest BCUT2D eigenvalue weighted by Crippen LogP contribution is 2.45. The average Bonchev–Trinajstić information content (AvgIpc) is 1.45. The van der Waals surface area contributed by atoms with E-state index in [0.29, 0.717) is 52.5 Å². The molecule has 0 bridgehead atoms. The first kappa shape index (κ1) is 74.0. The molecule has 3 atom stereocenters. The molecular weight excluding hydrogens is 1320 g/mol. The normalized spacial score (nSPS) is 18.3. The van der Waals surface area contributed by atoms with Crippen molar-refractivity contribution in [2.24, 2.45) is 42.9 Å². The zero-order valence-corrected chi connectivity index (χ0v) is 55.8. The Morgan fingerprint density at radius 3 is 1.14 bits per heavy atom. The average molecular weight is 1390 g/mol. The van der Waals surface area contributed by atoms with E-state index >= 15 is 0 Å². The molecule has 1 aromatic heterocycles. The lowest BCUT2D eigenvalue weighted by atomic mass is 9.81. The molecule has 20 nitrogen and oxygen atoms in total. The predicted octanol–water partition coefficient (Wildman–Crippen LogP) is 9.11. The van der Waals surface area contributed by atoms with Crippen LogP contribution in [0.4, 0.5) is 39.5 Å². The number of halogens is 9. The Morgan fingerprint density at radius 1 is 0.400 bits per heavy atom. The van der Waals surface area contributed by atoms with Gasteiger partial charge in [0.2, 0.25) is 5.88 Å². The van der Waals surface area contributed by atoms with Crippen LogP contribution in [-0.2, 0) is 42.2 Å². The molecule has 5 heterocycles. The van der Waals surface area contributed by atoms with E-state index in [1.54, 1.807) is 69.6 Å². The van der Waals surface area contributed by atoms with Gasteiger partial charge in [-0.05, 0) is 174 Å². The lowest BCUT2D eigenvalue weighted by molar-refractivity contribution is -0.130. The van der Waals surface area contributed by atoms with Gasteiger partial charge in [0.15, 0.2) is 40.5 Å². The summed E-state index contributed by atoms with van der Waals surface area (Å²) in [5.74, 6) is -6.13. The largest absolute Gasteiger partial charge is 0.496 e. The summed E-state index contributed by atoms with van der Waals surface area (Å²) in [6, 6.07) is 28.8. The third kappa shape index (κ3) is 14.9. The van der Waals surface area contributed by atoms with Crippen LogP contribution in [-0.4, -0.2) is 128 Å². The van der Waals surface area contributed by atoms with Crippen LogP contribution in [0.25, 0.3) is 0 Å². The number of aliphatic imine (C=N–C) groups is 4. The number of hydrogen-bond acceptors (Lipinski definition) is 16. The number of methoxy groups -OCH3 is 3. The Labute approximate surface area is 568 Å². The number of carbonyl (C=O) groups excluding carboxylic acids is 4. The zero-order chi connectivity index (χ0) is 73.6. The van der Waals surface area contributed by atoms with Gasteiger partial charge < -0.3 is 37.1 Å². The molecule has 4 aliphatic heterocycles. The van der Waals surface area contributed by atoms with Gasteiger partial charge in [-0.25, -0.2) is 64.5 Å². The van der Waals surface area contributed by atoms with Crippen molar-refractivity contribution in [3.63, 3.8) is 0 Å². The second-order valence-electron chi connectivity index (χ2n) is 23.2. The number of ether oxygens (including phenoxy) is 3. The summed E-state index contributed by atoms with van der Waals surface area (Å²) in [5.41, 5.74) is 22.2. The number of aryl methyl sites for hydroxylation is 4. The Bertz CT molecular complexity index is 4600. The van der Waals surface area contributed by atoms with E-state index in [0.717, 1.165) is 69.0 Å². The molecule has 522 valence electrons. The summed E-state index contributed by atoms with van der Waals surface area (Å²) in [6.45, 7) is 6.84.